The molecule has 3 heterocycles. The fourth-order valence-corrected chi connectivity index (χ4v) is 5.09. The van der Waals surface area contributed by atoms with Gasteiger partial charge in [-0.15, -0.1) is 0 Å². The van der Waals surface area contributed by atoms with E-state index in [9.17, 15) is 19.2 Å². The topological polar surface area (TPSA) is 132 Å². The molecule has 0 saturated carbocycles. The normalized spacial score (nSPS) is 19.7. The van der Waals surface area contributed by atoms with E-state index in [4.69, 9.17) is 19.9 Å². The lowest BCUT2D eigenvalue weighted by Crippen LogP contribution is -2.59. The summed E-state index contributed by atoms with van der Waals surface area (Å²) in [5.74, 6) is -0.847. The fraction of sp³-hybridized carbons (Fsp3) is 0.630. The van der Waals surface area contributed by atoms with Gasteiger partial charge in [0.15, 0.2) is 0 Å². The Bertz CT molecular complexity index is 1140. The molecule has 1 unspecified atom stereocenters. The molecule has 4 rings (SSSR count). The number of carbonyl (C=O) groups is 4. The average molecular weight is 531 g/mol. The van der Waals surface area contributed by atoms with E-state index in [1.54, 1.807) is 31.7 Å². The Morgan fingerprint density at radius 1 is 1.08 bits per heavy atom. The molecule has 0 aliphatic carbocycles. The number of carbonyl (C=O) groups excluding carboxylic acids is 4. The van der Waals surface area contributed by atoms with E-state index in [0.29, 0.717) is 43.1 Å². The van der Waals surface area contributed by atoms with E-state index in [2.05, 4.69) is 4.90 Å². The van der Waals surface area contributed by atoms with E-state index < -0.39 is 29.1 Å². The minimum Gasteiger partial charge on any atom is -0.489 e. The van der Waals surface area contributed by atoms with E-state index in [1.807, 2.05) is 26.8 Å². The summed E-state index contributed by atoms with van der Waals surface area (Å²) in [4.78, 5) is 55.7. The van der Waals surface area contributed by atoms with Crippen molar-refractivity contribution in [2.45, 2.75) is 84.2 Å². The molecule has 208 valence electrons. The number of primary amides is 1. The fourth-order valence-electron chi connectivity index (χ4n) is 5.09. The maximum Gasteiger partial charge on any atom is 0.410 e. The number of amides is 3. The Morgan fingerprint density at radius 2 is 1.76 bits per heavy atom. The van der Waals surface area contributed by atoms with E-state index >= 15 is 0 Å². The molecule has 1 aromatic carbocycles. The lowest BCUT2D eigenvalue weighted by molar-refractivity contribution is -0.155. The van der Waals surface area contributed by atoms with Gasteiger partial charge in [-0.25, -0.2) is 4.79 Å². The standard InChI is InChI=1S/C27H38N4O7/c1-26(2,3)37-21(32)10-9-20(23(28)33)31-14-18-17(24(31)34)7-8-19-22(18)36-15-16-13-29(11-12-30(16)19)25(35)38-27(4,5)6/h7-8,16,20H,9-15H2,1-6H3,(H2,28,33)/t16-,20?/m1/s1. The maximum atomic E-state index is 13.3. The molecule has 2 N–H and O–H groups in total. The first-order valence-corrected chi connectivity index (χ1v) is 13.0. The smallest absolute Gasteiger partial charge is 0.410 e. The summed E-state index contributed by atoms with van der Waals surface area (Å²) in [7, 11) is 0. The molecular formula is C27H38N4O7. The zero-order valence-electron chi connectivity index (χ0n) is 23.0. The van der Waals surface area contributed by atoms with Gasteiger partial charge in [0.05, 0.1) is 18.3 Å². The summed E-state index contributed by atoms with van der Waals surface area (Å²) in [6, 6.07) is 2.59. The number of esters is 1. The second-order valence-corrected chi connectivity index (χ2v) is 12.0. The zero-order valence-corrected chi connectivity index (χ0v) is 23.0. The van der Waals surface area contributed by atoms with Crippen molar-refractivity contribution in [1.29, 1.82) is 0 Å². The number of piperazine rings is 1. The number of hydrogen-bond acceptors (Lipinski definition) is 8. The van der Waals surface area contributed by atoms with Crippen LogP contribution in [0.25, 0.3) is 0 Å². The predicted octanol–water partition coefficient (Wildman–Crippen LogP) is 2.44. The molecule has 38 heavy (non-hydrogen) atoms. The third-order valence-electron chi connectivity index (χ3n) is 6.67. The molecule has 3 aliphatic rings. The summed E-state index contributed by atoms with van der Waals surface area (Å²) in [6.45, 7) is 12.9. The Labute approximate surface area is 223 Å². The molecule has 3 amide bonds. The molecule has 0 bridgehead atoms. The van der Waals surface area contributed by atoms with Crippen LogP contribution in [0, 0.1) is 0 Å². The summed E-state index contributed by atoms with van der Waals surface area (Å²) in [5, 5.41) is 0. The highest BCUT2D eigenvalue weighted by Gasteiger charge is 2.42. The molecule has 11 heteroatoms. The predicted molar refractivity (Wildman–Crippen MR) is 139 cm³/mol. The van der Waals surface area contributed by atoms with Gasteiger partial charge in [-0.2, -0.15) is 0 Å². The van der Waals surface area contributed by atoms with Gasteiger partial charge in [0.2, 0.25) is 5.91 Å². The largest absolute Gasteiger partial charge is 0.489 e. The van der Waals surface area contributed by atoms with Crippen molar-refractivity contribution in [2.24, 2.45) is 5.73 Å². The number of anilines is 1. The minimum absolute atomic E-state index is 0.0385. The van der Waals surface area contributed by atoms with Crippen LogP contribution in [0.2, 0.25) is 0 Å². The Morgan fingerprint density at radius 3 is 2.39 bits per heavy atom. The summed E-state index contributed by atoms with van der Waals surface area (Å²) in [6.07, 6.45) is -0.313. The molecule has 0 radical (unpaired) electrons. The number of nitrogens with zero attached hydrogens (tertiary/aromatic N) is 3. The van der Waals surface area contributed by atoms with E-state index in [1.165, 1.54) is 4.90 Å². The molecule has 1 fully saturated rings. The monoisotopic (exact) mass is 530 g/mol. The SMILES string of the molecule is CC(C)(C)OC(=O)CCC(C(N)=O)N1Cc2c(ccc3c2OC[C@H]2CN(C(=O)OC(C)(C)C)CCN32)C1=O. The second kappa shape index (κ2) is 9.99. The lowest BCUT2D eigenvalue weighted by Gasteiger charge is -2.45. The minimum atomic E-state index is -0.952. The third-order valence-corrected chi connectivity index (χ3v) is 6.67. The van der Waals surface area contributed by atoms with Crippen LogP contribution in [-0.2, 0) is 25.6 Å². The molecule has 1 saturated heterocycles. The number of benzene rings is 1. The van der Waals surface area contributed by atoms with Gasteiger partial charge in [0, 0.05) is 37.2 Å². The highest BCUT2D eigenvalue weighted by molar-refractivity contribution is 6.02. The molecule has 3 aliphatic heterocycles. The number of ether oxygens (including phenoxy) is 3. The average Bonchev–Trinajstić information content (AvgIpc) is 3.12. The van der Waals surface area contributed by atoms with Crippen LogP contribution < -0.4 is 15.4 Å². The van der Waals surface area contributed by atoms with Crippen molar-refractivity contribution in [3.05, 3.63) is 23.3 Å². The number of rotatable bonds is 5. The number of hydrogen-bond donors (Lipinski definition) is 1. The first-order chi connectivity index (χ1) is 17.6. The number of nitrogens with two attached hydrogens (primary N) is 1. The molecule has 1 aromatic rings. The highest BCUT2D eigenvalue weighted by Crippen LogP contribution is 2.43. The Kier molecular flexibility index (Phi) is 7.24. The second-order valence-electron chi connectivity index (χ2n) is 12.0. The van der Waals surface area contributed by atoms with Crippen molar-refractivity contribution in [2.75, 3.05) is 31.1 Å². The first-order valence-electron chi connectivity index (χ1n) is 13.0. The highest BCUT2D eigenvalue weighted by atomic mass is 16.6. The molecule has 0 spiro atoms. The molecule has 11 nitrogen and oxygen atoms in total. The maximum absolute atomic E-state index is 13.3. The zero-order chi connectivity index (χ0) is 28.0. The van der Waals surface area contributed by atoms with Crippen LogP contribution in [0.15, 0.2) is 12.1 Å². The molecular weight excluding hydrogens is 492 g/mol. The van der Waals surface area contributed by atoms with Crippen LogP contribution >= 0.6 is 0 Å². The van der Waals surface area contributed by atoms with Gasteiger partial charge in [-0.05, 0) is 60.1 Å². The van der Waals surface area contributed by atoms with Gasteiger partial charge in [0.25, 0.3) is 5.91 Å². The van der Waals surface area contributed by atoms with Gasteiger partial charge in [-0.3, -0.25) is 14.4 Å². The first kappa shape index (κ1) is 27.5. The molecule has 2 atom stereocenters. The summed E-state index contributed by atoms with van der Waals surface area (Å²) < 4.78 is 17.0. The third kappa shape index (κ3) is 5.81. The van der Waals surface area contributed by atoms with E-state index in [0.717, 1.165) is 5.69 Å². The van der Waals surface area contributed by atoms with Gasteiger partial charge in [-0.1, -0.05) is 0 Å². The van der Waals surface area contributed by atoms with Crippen molar-refractivity contribution in [3.8, 4) is 5.75 Å². The van der Waals surface area contributed by atoms with Crippen LogP contribution in [0.5, 0.6) is 5.75 Å². The Hall–Kier alpha value is -3.50. The Balaban J connectivity index is 1.48. The summed E-state index contributed by atoms with van der Waals surface area (Å²) in [5.41, 5.74) is 6.45. The van der Waals surface area contributed by atoms with Crippen LogP contribution in [0.3, 0.4) is 0 Å². The van der Waals surface area contributed by atoms with Gasteiger partial charge in [0.1, 0.15) is 29.6 Å². The van der Waals surface area contributed by atoms with Crippen molar-refractivity contribution < 1.29 is 33.4 Å². The number of fused-ring (bicyclic) bond motifs is 5. The quantitative estimate of drug-likeness (QED) is 0.574. The summed E-state index contributed by atoms with van der Waals surface area (Å²) >= 11 is 0. The van der Waals surface area contributed by atoms with Crippen LogP contribution in [-0.4, -0.2) is 83.2 Å². The van der Waals surface area contributed by atoms with Gasteiger partial charge >= 0.3 is 12.1 Å². The lowest BCUT2D eigenvalue weighted by atomic mass is 10.0. The van der Waals surface area contributed by atoms with Crippen LogP contribution in [0.4, 0.5) is 10.5 Å². The molecule has 0 aromatic heterocycles. The van der Waals surface area contributed by atoms with E-state index in [-0.39, 0.29) is 37.4 Å². The van der Waals surface area contributed by atoms with Crippen molar-refractivity contribution >= 4 is 29.6 Å². The van der Waals surface area contributed by atoms with Crippen LogP contribution in [0.1, 0.15) is 70.3 Å². The van der Waals surface area contributed by atoms with Gasteiger partial charge < -0.3 is 34.6 Å². The van der Waals surface area contributed by atoms with Crippen molar-refractivity contribution in [3.63, 3.8) is 0 Å². The van der Waals surface area contributed by atoms with Crippen molar-refractivity contribution in [1.82, 2.24) is 9.80 Å².